The highest BCUT2D eigenvalue weighted by atomic mass is 16.6. The minimum atomic E-state index is -0.468. The summed E-state index contributed by atoms with van der Waals surface area (Å²) in [6.07, 6.45) is 3.34. The van der Waals surface area contributed by atoms with Gasteiger partial charge in [-0.3, -0.25) is 10.2 Å². The monoisotopic (exact) mass is 350 g/mol. The molecule has 0 radical (unpaired) electrons. The van der Waals surface area contributed by atoms with Crippen LogP contribution in [0.3, 0.4) is 0 Å². The van der Waals surface area contributed by atoms with E-state index in [1.54, 1.807) is 6.07 Å². The fraction of sp³-hybridized carbons (Fsp3) is 0.632. The number of benzene rings is 1. The number of amides is 1. The molecule has 1 amide bonds. The van der Waals surface area contributed by atoms with Crippen LogP contribution in [0.15, 0.2) is 24.3 Å². The molecule has 0 bridgehead atoms. The Bertz CT molecular complexity index is 518. The lowest BCUT2D eigenvalue weighted by molar-refractivity contribution is -0.0529. The molecular formula is C19H30N2O4. The molecule has 1 fully saturated rings. The van der Waals surface area contributed by atoms with Crippen molar-refractivity contribution in [3.8, 4) is 5.75 Å². The van der Waals surface area contributed by atoms with Crippen molar-refractivity contribution in [3.05, 3.63) is 24.3 Å². The lowest BCUT2D eigenvalue weighted by Gasteiger charge is -2.27. The molecule has 1 aliphatic heterocycles. The molecule has 6 nitrogen and oxygen atoms in total. The van der Waals surface area contributed by atoms with Crippen LogP contribution < -0.4 is 10.1 Å². The van der Waals surface area contributed by atoms with Gasteiger partial charge in [-0.1, -0.05) is 19.9 Å². The molecule has 0 aliphatic carbocycles. The van der Waals surface area contributed by atoms with Gasteiger partial charge in [0, 0.05) is 31.5 Å². The van der Waals surface area contributed by atoms with E-state index >= 15 is 0 Å². The van der Waals surface area contributed by atoms with Crippen molar-refractivity contribution in [2.24, 2.45) is 0 Å². The van der Waals surface area contributed by atoms with E-state index in [2.05, 4.69) is 24.1 Å². The summed E-state index contributed by atoms with van der Waals surface area (Å²) < 4.78 is 16.8. The second-order valence-corrected chi connectivity index (χ2v) is 6.18. The lowest BCUT2D eigenvalue weighted by atomic mass is 10.3. The Balaban J connectivity index is 1.88. The second-order valence-electron chi connectivity index (χ2n) is 6.18. The van der Waals surface area contributed by atoms with E-state index in [-0.39, 0.29) is 6.23 Å². The van der Waals surface area contributed by atoms with Crippen molar-refractivity contribution in [1.82, 2.24) is 4.90 Å². The van der Waals surface area contributed by atoms with Crippen molar-refractivity contribution >= 4 is 11.8 Å². The van der Waals surface area contributed by atoms with Crippen LogP contribution in [0.2, 0.25) is 0 Å². The van der Waals surface area contributed by atoms with Gasteiger partial charge in [0.15, 0.2) is 6.23 Å². The maximum atomic E-state index is 12.3. The normalized spacial score (nSPS) is 15.8. The summed E-state index contributed by atoms with van der Waals surface area (Å²) in [6, 6.07) is 7.34. The molecule has 1 aromatic rings. The first-order chi connectivity index (χ1) is 12.2. The molecule has 0 aromatic heterocycles. The minimum Gasteiger partial charge on any atom is -0.494 e. The van der Waals surface area contributed by atoms with E-state index in [0.717, 1.165) is 44.5 Å². The third-order valence-electron chi connectivity index (χ3n) is 3.95. The molecule has 2 rings (SSSR count). The predicted molar refractivity (Wildman–Crippen MR) is 98.0 cm³/mol. The number of carbonyl (C=O) groups excluding carboxylic acids is 1. The van der Waals surface area contributed by atoms with Crippen molar-refractivity contribution in [2.45, 2.75) is 45.8 Å². The topological polar surface area (TPSA) is 60.0 Å². The SMILES string of the molecule is CCCOCC(OC(=O)Nc1cccc(OCCC)c1)N1CCCC1. The van der Waals surface area contributed by atoms with Gasteiger partial charge in [0.1, 0.15) is 5.75 Å². The summed E-state index contributed by atoms with van der Waals surface area (Å²) in [4.78, 5) is 14.4. The van der Waals surface area contributed by atoms with Crippen LogP contribution >= 0.6 is 0 Å². The van der Waals surface area contributed by atoms with Gasteiger partial charge in [-0.05, 0) is 37.8 Å². The number of carbonyl (C=O) groups is 1. The van der Waals surface area contributed by atoms with Crippen molar-refractivity contribution < 1.29 is 19.0 Å². The molecule has 25 heavy (non-hydrogen) atoms. The molecule has 0 saturated carbocycles. The Kier molecular flexibility index (Phi) is 8.55. The third kappa shape index (κ3) is 6.92. The van der Waals surface area contributed by atoms with Crippen molar-refractivity contribution in [1.29, 1.82) is 0 Å². The first-order valence-electron chi connectivity index (χ1n) is 9.25. The number of anilines is 1. The number of hydrogen-bond acceptors (Lipinski definition) is 5. The van der Waals surface area contributed by atoms with E-state index in [0.29, 0.717) is 25.5 Å². The molecule has 1 heterocycles. The zero-order chi connectivity index (χ0) is 17.9. The first kappa shape index (κ1) is 19.5. The minimum absolute atomic E-state index is 0.339. The Morgan fingerprint density at radius 3 is 2.68 bits per heavy atom. The second kappa shape index (κ2) is 10.9. The number of likely N-dealkylation sites (tertiary alicyclic amines) is 1. The highest BCUT2D eigenvalue weighted by Gasteiger charge is 2.25. The number of hydrogen-bond donors (Lipinski definition) is 1. The molecule has 1 atom stereocenters. The van der Waals surface area contributed by atoms with Gasteiger partial charge in [-0.25, -0.2) is 4.79 Å². The molecule has 1 unspecified atom stereocenters. The van der Waals surface area contributed by atoms with E-state index in [1.165, 1.54) is 0 Å². The molecule has 1 aromatic carbocycles. The van der Waals surface area contributed by atoms with E-state index in [9.17, 15) is 4.79 Å². The Hall–Kier alpha value is -1.79. The number of nitrogens with one attached hydrogen (secondary N) is 1. The summed E-state index contributed by atoms with van der Waals surface area (Å²) >= 11 is 0. The largest absolute Gasteiger partial charge is 0.494 e. The summed E-state index contributed by atoms with van der Waals surface area (Å²) in [7, 11) is 0. The number of nitrogens with zero attached hydrogens (tertiary/aromatic N) is 1. The average Bonchev–Trinajstić information content (AvgIpc) is 3.14. The van der Waals surface area contributed by atoms with Crippen LogP contribution in [0.4, 0.5) is 10.5 Å². The third-order valence-corrected chi connectivity index (χ3v) is 3.95. The van der Waals surface area contributed by atoms with Gasteiger partial charge in [0.25, 0.3) is 0 Å². The summed E-state index contributed by atoms with van der Waals surface area (Å²) in [5.41, 5.74) is 0.660. The number of rotatable bonds is 10. The van der Waals surface area contributed by atoms with Crippen LogP contribution in [-0.4, -0.2) is 50.1 Å². The van der Waals surface area contributed by atoms with Gasteiger partial charge in [0.2, 0.25) is 0 Å². The highest BCUT2D eigenvalue weighted by Crippen LogP contribution is 2.19. The predicted octanol–water partition coefficient (Wildman–Crippen LogP) is 3.87. The Morgan fingerprint density at radius 2 is 1.96 bits per heavy atom. The standard InChI is InChI=1S/C19H30N2O4/c1-3-12-23-15-18(21-10-5-6-11-21)25-19(22)20-16-8-7-9-17(14-16)24-13-4-2/h7-9,14,18H,3-6,10-13,15H2,1-2H3,(H,20,22). The van der Waals surface area contributed by atoms with Crippen molar-refractivity contribution in [2.75, 3.05) is 38.2 Å². The zero-order valence-corrected chi connectivity index (χ0v) is 15.3. The molecule has 1 saturated heterocycles. The summed E-state index contributed by atoms with van der Waals surface area (Å²) in [5, 5.41) is 2.78. The molecular weight excluding hydrogens is 320 g/mol. The Labute approximate surface area is 150 Å². The average molecular weight is 350 g/mol. The quantitative estimate of drug-likeness (QED) is 0.649. The molecule has 1 aliphatic rings. The summed E-state index contributed by atoms with van der Waals surface area (Å²) in [6.45, 7) is 7.72. The van der Waals surface area contributed by atoms with E-state index < -0.39 is 6.09 Å². The maximum absolute atomic E-state index is 12.3. The molecule has 0 spiro atoms. The molecule has 1 N–H and O–H groups in total. The van der Waals surface area contributed by atoms with Crippen LogP contribution in [-0.2, 0) is 9.47 Å². The van der Waals surface area contributed by atoms with Gasteiger partial charge < -0.3 is 14.2 Å². The van der Waals surface area contributed by atoms with Crippen LogP contribution in [0.25, 0.3) is 0 Å². The zero-order valence-electron chi connectivity index (χ0n) is 15.3. The fourth-order valence-corrected chi connectivity index (χ4v) is 2.73. The lowest BCUT2D eigenvalue weighted by Crippen LogP contribution is -2.41. The highest BCUT2D eigenvalue weighted by molar-refractivity contribution is 5.84. The van der Waals surface area contributed by atoms with Crippen LogP contribution in [0, 0.1) is 0 Å². The van der Waals surface area contributed by atoms with Gasteiger partial charge in [0.05, 0.1) is 13.2 Å². The van der Waals surface area contributed by atoms with E-state index in [4.69, 9.17) is 14.2 Å². The Morgan fingerprint density at radius 1 is 1.20 bits per heavy atom. The summed E-state index contributed by atoms with van der Waals surface area (Å²) in [5.74, 6) is 0.738. The first-order valence-corrected chi connectivity index (χ1v) is 9.25. The van der Waals surface area contributed by atoms with Gasteiger partial charge in [-0.2, -0.15) is 0 Å². The fourth-order valence-electron chi connectivity index (χ4n) is 2.73. The number of ether oxygens (including phenoxy) is 3. The van der Waals surface area contributed by atoms with Gasteiger partial charge in [-0.15, -0.1) is 0 Å². The molecule has 140 valence electrons. The van der Waals surface area contributed by atoms with Crippen LogP contribution in [0.5, 0.6) is 5.75 Å². The van der Waals surface area contributed by atoms with Crippen molar-refractivity contribution in [3.63, 3.8) is 0 Å². The maximum Gasteiger partial charge on any atom is 0.413 e. The smallest absolute Gasteiger partial charge is 0.413 e. The molecule has 6 heteroatoms. The van der Waals surface area contributed by atoms with Crippen LogP contribution in [0.1, 0.15) is 39.5 Å². The van der Waals surface area contributed by atoms with Gasteiger partial charge >= 0.3 is 6.09 Å². The van der Waals surface area contributed by atoms with E-state index in [1.807, 2.05) is 18.2 Å².